The lowest BCUT2D eigenvalue weighted by atomic mass is 9.61. The van der Waals surface area contributed by atoms with Gasteiger partial charge in [-0.05, 0) is 50.2 Å². The number of fused-ring (bicyclic) bond motifs is 3. The number of benzene rings is 1. The van der Waals surface area contributed by atoms with Gasteiger partial charge in [-0.3, -0.25) is 14.4 Å². The second-order valence-electron chi connectivity index (χ2n) is 10.3. The maximum absolute atomic E-state index is 13.6. The SMILES string of the molecule is CC(C)S(=O)(=O)NCc1cc(N(C)C)c2c(c1O)C(O)=C1C(=O)C3C(O)=C(C(N)=O)C(=O)CC3CC1C2. The second kappa shape index (κ2) is 9.18. The van der Waals surface area contributed by atoms with Crippen molar-refractivity contribution in [1.29, 1.82) is 0 Å². The van der Waals surface area contributed by atoms with Gasteiger partial charge in [0.05, 0.1) is 16.7 Å². The number of allylic oxidation sites excluding steroid dienone is 2. The van der Waals surface area contributed by atoms with Crippen molar-refractivity contribution >= 4 is 38.9 Å². The number of aliphatic hydroxyl groups is 2. The van der Waals surface area contributed by atoms with E-state index in [2.05, 4.69) is 4.72 Å². The molecule has 3 aliphatic rings. The first-order valence-corrected chi connectivity index (χ1v) is 13.5. The van der Waals surface area contributed by atoms with Gasteiger partial charge in [0.1, 0.15) is 22.8 Å². The highest BCUT2D eigenvalue weighted by Gasteiger charge is 2.51. The van der Waals surface area contributed by atoms with Crippen LogP contribution in [0.4, 0.5) is 5.69 Å². The lowest BCUT2D eigenvalue weighted by Gasteiger charge is -2.41. The molecule has 0 aromatic heterocycles. The Labute approximate surface area is 214 Å². The van der Waals surface area contributed by atoms with Crippen molar-refractivity contribution in [3.63, 3.8) is 0 Å². The van der Waals surface area contributed by atoms with Crippen LogP contribution in [0.5, 0.6) is 5.75 Å². The number of carbonyl (C=O) groups is 3. The average molecular weight is 534 g/mol. The second-order valence-corrected chi connectivity index (χ2v) is 12.6. The molecule has 0 radical (unpaired) electrons. The first-order chi connectivity index (χ1) is 17.2. The van der Waals surface area contributed by atoms with E-state index in [-0.39, 0.29) is 41.8 Å². The molecule has 3 atom stereocenters. The molecule has 0 spiro atoms. The van der Waals surface area contributed by atoms with Gasteiger partial charge in [-0.1, -0.05) is 0 Å². The number of Topliss-reactive ketones (excluding diaryl/α,β-unsaturated/α-hetero) is 2. The molecule has 12 heteroatoms. The van der Waals surface area contributed by atoms with Crippen molar-refractivity contribution in [2.45, 2.75) is 44.9 Å². The van der Waals surface area contributed by atoms with Gasteiger partial charge in [0.15, 0.2) is 11.6 Å². The van der Waals surface area contributed by atoms with E-state index in [1.54, 1.807) is 25.1 Å². The molecule has 0 heterocycles. The van der Waals surface area contributed by atoms with Crippen LogP contribution in [0.25, 0.3) is 5.76 Å². The normalized spacial score (nSPS) is 23.6. The number of phenolic OH excluding ortho intramolecular Hbond substituents is 1. The van der Waals surface area contributed by atoms with Crippen LogP contribution >= 0.6 is 0 Å². The minimum absolute atomic E-state index is 0.00149. The van der Waals surface area contributed by atoms with Gasteiger partial charge < -0.3 is 26.0 Å². The van der Waals surface area contributed by atoms with Gasteiger partial charge in [0.25, 0.3) is 5.91 Å². The Morgan fingerprint density at radius 1 is 1.19 bits per heavy atom. The molecule has 3 aliphatic carbocycles. The van der Waals surface area contributed by atoms with Crippen molar-refractivity contribution in [2.24, 2.45) is 23.5 Å². The summed E-state index contributed by atoms with van der Waals surface area (Å²) in [5.74, 6) is -6.13. The fourth-order valence-electron chi connectivity index (χ4n) is 5.62. The molecule has 37 heavy (non-hydrogen) atoms. The van der Waals surface area contributed by atoms with Crippen LogP contribution in [-0.4, -0.2) is 60.6 Å². The van der Waals surface area contributed by atoms with Gasteiger partial charge in [0.2, 0.25) is 10.0 Å². The molecular weight excluding hydrogens is 502 g/mol. The molecule has 1 amide bonds. The van der Waals surface area contributed by atoms with E-state index in [0.717, 1.165) is 0 Å². The van der Waals surface area contributed by atoms with E-state index in [9.17, 15) is 38.1 Å². The van der Waals surface area contributed by atoms with E-state index in [0.29, 0.717) is 17.7 Å². The number of ketones is 2. The number of aliphatic hydroxyl groups excluding tert-OH is 2. The third-order valence-electron chi connectivity index (χ3n) is 7.51. The van der Waals surface area contributed by atoms with Crippen LogP contribution in [0.2, 0.25) is 0 Å². The molecule has 11 nitrogen and oxygen atoms in total. The highest BCUT2D eigenvalue weighted by molar-refractivity contribution is 7.90. The molecule has 3 unspecified atom stereocenters. The van der Waals surface area contributed by atoms with Crippen LogP contribution < -0.4 is 15.4 Å². The van der Waals surface area contributed by atoms with Crippen molar-refractivity contribution in [3.8, 4) is 5.75 Å². The maximum atomic E-state index is 13.6. The molecule has 1 saturated carbocycles. The summed E-state index contributed by atoms with van der Waals surface area (Å²) in [4.78, 5) is 39.6. The Morgan fingerprint density at radius 2 is 1.84 bits per heavy atom. The van der Waals surface area contributed by atoms with Crippen molar-refractivity contribution < 1.29 is 38.1 Å². The average Bonchev–Trinajstić information content (AvgIpc) is 2.77. The van der Waals surface area contributed by atoms with E-state index < -0.39 is 67.6 Å². The molecular formula is C25H31N3O8S. The summed E-state index contributed by atoms with van der Waals surface area (Å²) in [5, 5.41) is 32.4. The van der Waals surface area contributed by atoms with Gasteiger partial charge in [-0.2, -0.15) is 0 Å². The number of amides is 1. The molecule has 0 saturated heterocycles. The molecule has 0 aliphatic heterocycles. The summed E-state index contributed by atoms with van der Waals surface area (Å²) < 4.78 is 27.0. The third-order valence-corrected chi connectivity index (χ3v) is 9.30. The molecule has 1 fully saturated rings. The number of anilines is 1. The Hall–Kier alpha value is -3.38. The minimum atomic E-state index is -3.65. The zero-order valence-electron chi connectivity index (χ0n) is 21.0. The predicted octanol–water partition coefficient (Wildman–Crippen LogP) is 1.20. The van der Waals surface area contributed by atoms with E-state index in [1.165, 1.54) is 13.8 Å². The number of primary amides is 1. The standard InChI is InChI=1S/C25H31N3O8S/c1-10(2)37(35,36)27-9-13-7-15(28(3)4)14-6-11-5-12-8-16(29)20(25(26)34)24(33)18(12)22(31)17(11)23(32)19(14)21(13)30/h7,10-12,18,27,30,32-33H,5-6,8-9H2,1-4H3,(H2,26,34). The predicted molar refractivity (Wildman–Crippen MR) is 135 cm³/mol. The number of sulfonamides is 1. The Balaban J connectivity index is 1.85. The van der Waals surface area contributed by atoms with Crippen molar-refractivity contribution in [1.82, 2.24) is 4.72 Å². The van der Waals surface area contributed by atoms with Gasteiger partial charge in [0, 0.05) is 43.9 Å². The first kappa shape index (κ1) is 26.7. The quantitative estimate of drug-likeness (QED) is 0.335. The maximum Gasteiger partial charge on any atom is 0.255 e. The molecule has 0 bridgehead atoms. The smallest absolute Gasteiger partial charge is 0.255 e. The minimum Gasteiger partial charge on any atom is -0.511 e. The van der Waals surface area contributed by atoms with E-state index >= 15 is 0 Å². The number of nitrogens with one attached hydrogen (secondary N) is 1. The van der Waals surface area contributed by atoms with Crippen LogP contribution in [0.3, 0.4) is 0 Å². The molecule has 1 aromatic carbocycles. The summed E-state index contributed by atoms with van der Waals surface area (Å²) in [6, 6.07) is 1.64. The topological polar surface area (TPSA) is 187 Å². The van der Waals surface area contributed by atoms with Gasteiger partial charge in [-0.25, -0.2) is 13.1 Å². The number of nitrogens with zero attached hydrogens (tertiary/aromatic N) is 1. The number of hydrogen-bond acceptors (Lipinski definition) is 9. The zero-order valence-corrected chi connectivity index (χ0v) is 21.8. The van der Waals surface area contributed by atoms with E-state index in [4.69, 9.17) is 5.73 Å². The fraction of sp³-hybridized carbons (Fsp3) is 0.480. The number of carbonyl (C=O) groups excluding carboxylic acids is 3. The summed E-state index contributed by atoms with van der Waals surface area (Å²) in [5.41, 5.74) is 6.10. The van der Waals surface area contributed by atoms with Crippen LogP contribution in [0, 0.1) is 17.8 Å². The third kappa shape index (κ3) is 4.27. The monoisotopic (exact) mass is 533 g/mol. The Morgan fingerprint density at radius 3 is 2.41 bits per heavy atom. The summed E-state index contributed by atoms with van der Waals surface area (Å²) in [6.07, 6.45) is 0.432. The zero-order chi connectivity index (χ0) is 27.6. The van der Waals surface area contributed by atoms with Crippen molar-refractivity contribution in [3.05, 3.63) is 39.7 Å². The number of rotatable bonds is 6. The number of nitrogens with two attached hydrogens (primary N) is 1. The van der Waals surface area contributed by atoms with Crippen molar-refractivity contribution in [2.75, 3.05) is 19.0 Å². The highest BCUT2D eigenvalue weighted by Crippen LogP contribution is 2.52. The Kier molecular flexibility index (Phi) is 6.62. The van der Waals surface area contributed by atoms with E-state index in [1.807, 2.05) is 0 Å². The molecule has 4 rings (SSSR count). The molecule has 1 aromatic rings. The van der Waals surface area contributed by atoms with Gasteiger partial charge in [-0.15, -0.1) is 0 Å². The van der Waals surface area contributed by atoms with Crippen LogP contribution in [-0.2, 0) is 37.4 Å². The lowest BCUT2D eigenvalue weighted by molar-refractivity contribution is -0.127. The molecule has 200 valence electrons. The summed E-state index contributed by atoms with van der Waals surface area (Å²) in [7, 11) is -0.117. The fourth-order valence-corrected chi connectivity index (χ4v) is 6.31. The lowest BCUT2D eigenvalue weighted by Crippen LogP contribution is -2.44. The summed E-state index contributed by atoms with van der Waals surface area (Å²) in [6.45, 7) is 2.80. The summed E-state index contributed by atoms with van der Waals surface area (Å²) >= 11 is 0. The number of phenols is 1. The van der Waals surface area contributed by atoms with Gasteiger partial charge >= 0.3 is 0 Å². The first-order valence-electron chi connectivity index (χ1n) is 11.9. The highest BCUT2D eigenvalue weighted by atomic mass is 32.2. The number of hydrogen-bond donors (Lipinski definition) is 5. The van der Waals surface area contributed by atoms with Crippen LogP contribution in [0.15, 0.2) is 23.0 Å². The Bertz CT molecular complexity index is 1390. The largest absolute Gasteiger partial charge is 0.511 e. The van der Waals surface area contributed by atoms with Crippen LogP contribution in [0.1, 0.15) is 43.4 Å². The number of aromatic hydroxyl groups is 1. The molecule has 6 N–H and O–H groups in total.